The zero-order valence-electron chi connectivity index (χ0n) is 8.53. The van der Waals surface area contributed by atoms with Crippen LogP contribution in [0.5, 0.6) is 0 Å². The van der Waals surface area contributed by atoms with Gasteiger partial charge in [-0.1, -0.05) is 30.3 Å². The van der Waals surface area contributed by atoms with Crippen LogP contribution in [0.1, 0.15) is 18.9 Å². The Hall–Kier alpha value is -1.15. The van der Waals surface area contributed by atoms with E-state index < -0.39 is 0 Å². The highest BCUT2D eigenvalue weighted by Crippen LogP contribution is 2.01. The van der Waals surface area contributed by atoms with E-state index in [1.54, 1.807) is 0 Å². The molecule has 0 heterocycles. The lowest BCUT2D eigenvalue weighted by Crippen LogP contribution is -2.06. The average Bonchev–Trinajstić information content (AvgIpc) is 2.20. The van der Waals surface area contributed by atoms with Crippen molar-refractivity contribution >= 4 is 5.78 Å². The van der Waals surface area contributed by atoms with E-state index in [2.05, 4.69) is 0 Å². The van der Waals surface area contributed by atoms with Gasteiger partial charge in [-0.15, -0.1) is 0 Å². The summed E-state index contributed by atoms with van der Waals surface area (Å²) >= 11 is 0. The highest BCUT2D eigenvalue weighted by molar-refractivity contribution is 5.80. The molecule has 14 heavy (non-hydrogen) atoms. The van der Waals surface area contributed by atoms with E-state index in [-0.39, 0.29) is 5.78 Å². The molecule has 76 valence electrons. The number of ether oxygens (including phenoxy) is 1. The van der Waals surface area contributed by atoms with Crippen LogP contribution in [-0.2, 0) is 16.0 Å². The standard InChI is InChI=1S/C12H16O2/c1-2-14-9-8-12(13)10-11-6-4-3-5-7-11/h3-7H,2,8-10H2,1H3. The summed E-state index contributed by atoms with van der Waals surface area (Å²) in [6, 6.07) is 9.79. The molecular weight excluding hydrogens is 176 g/mol. The van der Waals surface area contributed by atoms with Gasteiger partial charge in [0.25, 0.3) is 0 Å². The Morgan fingerprint density at radius 2 is 2.00 bits per heavy atom. The van der Waals surface area contributed by atoms with Crippen molar-refractivity contribution in [3.05, 3.63) is 35.9 Å². The summed E-state index contributed by atoms with van der Waals surface area (Å²) in [7, 11) is 0. The molecule has 0 aliphatic rings. The van der Waals surface area contributed by atoms with Crippen LogP contribution in [0.3, 0.4) is 0 Å². The number of benzene rings is 1. The molecule has 0 unspecified atom stereocenters. The maximum atomic E-state index is 11.4. The molecule has 0 spiro atoms. The summed E-state index contributed by atoms with van der Waals surface area (Å²) in [5.74, 6) is 0.240. The maximum absolute atomic E-state index is 11.4. The van der Waals surface area contributed by atoms with Crippen LogP contribution in [0.4, 0.5) is 0 Å². The van der Waals surface area contributed by atoms with E-state index in [0.717, 1.165) is 5.56 Å². The van der Waals surface area contributed by atoms with Crippen LogP contribution in [0.25, 0.3) is 0 Å². The zero-order chi connectivity index (χ0) is 10.2. The van der Waals surface area contributed by atoms with Gasteiger partial charge in [-0.25, -0.2) is 0 Å². The van der Waals surface area contributed by atoms with Crippen LogP contribution in [0.15, 0.2) is 30.3 Å². The van der Waals surface area contributed by atoms with E-state index in [9.17, 15) is 4.79 Å². The van der Waals surface area contributed by atoms with E-state index in [0.29, 0.717) is 26.1 Å². The first kappa shape index (κ1) is 10.9. The smallest absolute Gasteiger partial charge is 0.139 e. The predicted octanol–water partition coefficient (Wildman–Crippen LogP) is 2.22. The minimum atomic E-state index is 0.240. The number of carbonyl (C=O) groups is 1. The van der Waals surface area contributed by atoms with Gasteiger partial charge in [0.15, 0.2) is 0 Å². The van der Waals surface area contributed by atoms with Crippen LogP contribution in [0.2, 0.25) is 0 Å². The zero-order valence-corrected chi connectivity index (χ0v) is 8.53. The first-order valence-electron chi connectivity index (χ1n) is 4.96. The second-order valence-corrected chi connectivity index (χ2v) is 3.15. The molecule has 0 saturated carbocycles. The lowest BCUT2D eigenvalue weighted by molar-refractivity contribution is -0.119. The summed E-state index contributed by atoms with van der Waals surface area (Å²) in [5, 5.41) is 0. The van der Waals surface area contributed by atoms with Crippen LogP contribution in [-0.4, -0.2) is 19.0 Å². The highest BCUT2D eigenvalue weighted by atomic mass is 16.5. The number of Topliss-reactive ketones (excluding diaryl/α,β-unsaturated/α-hetero) is 1. The molecule has 0 bridgehead atoms. The Bertz CT molecular complexity index is 267. The second-order valence-electron chi connectivity index (χ2n) is 3.15. The maximum Gasteiger partial charge on any atom is 0.139 e. The number of rotatable bonds is 6. The number of ketones is 1. The molecule has 0 amide bonds. The van der Waals surface area contributed by atoms with Gasteiger partial charge in [-0.05, 0) is 12.5 Å². The third kappa shape index (κ3) is 4.19. The van der Waals surface area contributed by atoms with Crippen molar-refractivity contribution in [3.8, 4) is 0 Å². The SMILES string of the molecule is CCOCCC(=O)Cc1ccccc1. The first-order valence-corrected chi connectivity index (χ1v) is 4.96. The molecule has 0 aliphatic heterocycles. The number of carbonyl (C=O) groups excluding carboxylic acids is 1. The van der Waals surface area contributed by atoms with Crippen molar-refractivity contribution in [3.63, 3.8) is 0 Å². The first-order chi connectivity index (χ1) is 6.83. The highest BCUT2D eigenvalue weighted by Gasteiger charge is 2.02. The third-order valence-corrected chi connectivity index (χ3v) is 1.97. The van der Waals surface area contributed by atoms with Crippen molar-refractivity contribution in [2.75, 3.05) is 13.2 Å². The Kier molecular flexibility index (Phi) is 4.94. The van der Waals surface area contributed by atoms with Crippen molar-refractivity contribution in [2.45, 2.75) is 19.8 Å². The second kappa shape index (κ2) is 6.33. The van der Waals surface area contributed by atoms with E-state index in [1.165, 1.54) is 0 Å². The van der Waals surface area contributed by atoms with Crippen LogP contribution < -0.4 is 0 Å². The quantitative estimate of drug-likeness (QED) is 0.646. The van der Waals surface area contributed by atoms with E-state index in [4.69, 9.17) is 4.74 Å². The molecule has 1 aromatic rings. The molecule has 0 aromatic heterocycles. The van der Waals surface area contributed by atoms with E-state index >= 15 is 0 Å². The van der Waals surface area contributed by atoms with Crippen molar-refractivity contribution in [1.29, 1.82) is 0 Å². The topological polar surface area (TPSA) is 26.3 Å². The predicted molar refractivity (Wildman–Crippen MR) is 56.3 cm³/mol. The van der Waals surface area contributed by atoms with Gasteiger partial charge < -0.3 is 4.74 Å². The molecule has 0 atom stereocenters. The average molecular weight is 192 g/mol. The van der Waals surface area contributed by atoms with E-state index in [1.807, 2.05) is 37.3 Å². The van der Waals surface area contributed by atoms with Crippen LogP contribution >= 0.6 is 0 Å². The number of hydrogen-bond donors (Lipinski definition) is 0. The summed E-state index contributed by atoms with van der Waals surface area (Å²) in [6.45, 7) is 3.16. The van der Waals surface area contributed by atoms with Gasteiger partial charge in [-0.2, -0.15) is 0 Å². The molecule has 0 fully saturated rings. The minimum Gasteiger partial charge on any atom is -0.381 e. The van der Waals surface area contributed by atoms with Crippen molar-refractivity contribution in [2.24, 2.45) is 0 Å². The summed E-state index contributed by atoms with van der Waals surface area (Å²) < 4.78 is 5.12. The third-order valence-electron chi connectivity index (χ3n) is 1.97. The van der Waals surface area contributed by atoms with Crippen molar-refractivity contribution < 1.29 is 9.53 Å². The summed E-state index contributed by atoms with van der Waals surface area (Å²) in [4.78, 5) is 11.4. The molecule has 2 heteroatoms. The Morgan fingerprint density at radius 3 is 2.64 bits per heavy atom. The Balaban J connectivity index is 2.27. The van der Waals surface area contributed by atoms with Gasteiger partial charge in [0, 0.05) is 19.4 Å². The Labute approximate surface area is 84.9 Å². The molecule has 0 saturated heterocycles. The largest absolute Gasteiger partial charge is 0.381 e. The minimum absolute atomic E-state index is 0.240. The van der Waals surface area contributed by atoms with Gasteiger partial charge in [0.2, 0.25) is 0 Å². The monoisotopic (exact) mass is 192 g/mol. The normalized spacial score (nSPS) is 10.1. The lowest BCUT2D eigenvalue weighted by Gasteiger charge is -2.01. The molecule has 2 nitrogen and oxygen atoms in total. The Morgan fingerprint density at radius 1 is 1.29 bits per heavy atom. The van der Waals surface area contributed by atoms with Gasteiger partial charge in [-0.3, -0.25) is 4.79 Å². The molecule has 0 aliphatic carbocycles. The van der Waals surface area contributed by atoms with Crippen molar-refractivity contribution in [1.82, 2.24) is 0 Å². The summed E-state index contributed by atoms with van der Waals surface area (Å²) in [6.07, 6.45) is 1.04. The number of hydrogen-bond acceptors (Lipinski definition) is 2. The van der Waals surface area contributed by atoms with Crippen LogP contribution in [0, 0.1) is 0 Å². The van der Waals surface area contributed by atoms with Gasteiger partial charge in [0.1, 0.15) is 5.78 Å². The summed E-state index contributed by atoms with van der Waals surface area (Å²) in [5.41, 5.74) is 1.08. The van der Waals surface area contributed by atoms with Gasteiger partial charge in [0.05, 0.1) is 6.61 Å². The molecule has 0 radical (unpaired) electrons. The molecular formula is C12H16O2. The van der Waals surface area contributed by atoms with Gasteiger partial charge >= 0.3 is 0 Å². The molecule has 1 aromatic carbocycles. The fourth-order valence-electron chi connectivity index (χ4n) is 1.24. The molecule has 1 rings (SSSR count). The fraction of sp³-hybridized carbons (Fsp3) is 0.417. The fourth-order valence-corrected chi connectivity index (χ4v) is 1.24. The lowest BCUT2D eigenvalue weighted by atomic mass is 10.1. The molecule has 0 N–H and O–H groups in total.